The third-order valence-corrected chi connectivity index (χ3v) is 8.83. The van der Waals surface area contributed by atoms with Gasteiger partial charge in [-0.05, 0) is 52.3 Å². The van der Waals surface area contributed by atoms with Crippen LogP contribution in [0.1, 0.15) is 26.3 Å². The molecule has 0 saturated heterocycles. The van der Waals surface area contributed by atoms with Gasteiger partial charge in [0.05, 0.1) is 22.7 Å². The van der Waals surface area contributed by atoms with E-state index in [2.05, 4.69) is 55.9 Å². The molecule has 0 bridgehead atoms. The normalized spacial score (nSPS) is 12.1. The molecule has 0 aliphatic heterocycles. The van der Waals surface area contributed by atoms with E-state index in [1.165, 1.54) is 0 Å². The average Bonchev–Trinajstić information content (AvgIpc) is 2.34. The first kappa shape index (κ1) is 17.2. The summed E-state index contributed by atoms with van der Waals surface area (Å²) < 4.78 is 12.5. The Morgan fingerprint density at radius 2 is 1.90 bits per heavy atom. The van der Waals surface area contributed by atoms with Gasteiger partial charge in [-0.2, -0.15) is 5.26 Å². The highest BCUT2D eigenvalue weighted by molar-refractivity contribution is 9.10. The topological polar surface area (TPSA) is 42.2 Å². The number of hydrogen-bond donors (Lipinski definition) is 0. The van der Waals surface area contributed by atoms with E-state index in [0.717, 1.165) is 10.2 Å². The molecular weight excluding hydrogens is 334 g/mol. The molecule has 0 unspecified atom stereocenters. The number of benzene rings is 1. The van der Waals surface area contributed by atoms with Crippen LogP contribution in [0, 0.1) is 11.3 Å². The molecule has 0 aromatic heterocycles. The van der Waals surface area contributed by atoms with Gasteiger partial charge in [0.1, 0.15) is 12.4 Å². The first-order valence-corrected chi connectivity index (χ1v) is 10.3. The summed E-state index contributed by atoms with van der Waals surface area (Å²) in [6, 6.07) is 7.39. The van der Waals surface area contributed by atoms with Crippen LogP contribution < -0.4 is 4.74 Å². The first-order valence-electron chi connectivity index (χ1n) is 6.64. The largest absolute Gasteiger partial charge is 0.490 e. The third kappa shape index (κ3) is 4.62. The van der Waals surface area contributed by atoms with Crippen LogP contribution in [-0.4, -0.2) is 21.5 Å². The Morgan fingerprint density at radius 1 is 1.25 bits per heavy atom. The molecule has 0 aliphatic carbocycles. The summed E-state index contributed by atoms with van der Waals surface area (Å²) >= 11 is 3.40. The average molecular weight is 356 g/mol. The van der Waals surface area contributed by atoms with Gasteiger partial charge in [-0.1, -0.05) is 20.8 Å². The number of halogens is 1. The third-order valence-electron chi connectivity index (χ3n) is 3.67. The number of hydrogen-bond acceptors (Lipinski definition) is 3. The van der Waals surface area contributed by atoms with Crippen molar-refractivity contribution in [2.45, 2.75) is 38.9 Å². The van der Waals surface area contributed by atoms with Crippen molar-refractivity contribution in [2.24, 2.45) is 0 Å². The maximum absolute atomic E-state index is 8.81. The minimum absolute atomic E-state index is 0.210. The Hall–Kier alpha value is -0.833. The van der Waals surface area contributed by atoms with E-state index in [4.69, 9.17) is 14.4 Å². The van der Waals surface area contributed by atoms with E-state index in [9.17, 15) is 0 Å². The molecule has 20 heavy (non-hydrogen) atoms. The molecule has 1 aromatic rings. The van der Waals surface area contributed by atoms with Crippen LogP contribution in [0.15, 0.2) is 22.7 Å². The van der Waals surface area contributed by atoms with Crippen LogP contribution in [0.25, 0.3) is 0 Å². The van der Waals surface area contributed by atoms with Gasteiger partial charge in [-0.15, -0.1) is 0 Å². The molecule has 0 atom stereocenters. The molecular formula is C15H22BrNO2Si. The van der Waals surface area contributed by atoms with Crippen molar-refractivity contribution < 1.29 is 9.16 Å². The van der Waals surface area contributed by atoms with Crippen LogP contribution in [0.3, 0.4) is 0 Å². The molecule has 5 heteroatoms. The van der Waals surface area contributed by atoms with Crippen LogP contribution in [-0.2, 0) is 4.43 Å². The summed E-state index contributed by atoms with van der Waals surface area (Å²) in [5.41, 5.74) is 0.613. The zero-order chi connectivity index (χ0) is 15.4. The maximum Gasteiger partial charge on any atom is 0.192 e. The van der Waals surface area contributed by atoms with Crippen LogP contribution in [0.5, 0.6) is 5.75 Å². The predicted octanol–water partition coefficient (Wildman–Crippen LogP) is 4.72. The summed E-state index contributed by atoms with van der Waals surface area (Å²) in [6.45, 7) is 12.2. The molecule has 0 fully saturated rings. The van der Waals surface area contributed by atoms with Gasteiger partial charge in [0.2, 0.25) is 0 Å². The molecule has 110 valence electrons. The second-order valence-corrected chi connectivity index (χ2v) is 11.9. The molecule has 1 aromatic carbocycles. The van der Waals surface area contributed by atoms with Gasteiger partial charge in [0.25, 0.3) is 0 Å². The Morgan fingerprint density at radius 3 is 2.40 bits per heavy atom. The predicted molar refractivity (Wildman–Crippen MR) is 87.5 cm³/mol. The first-order chi connectivity index (χ1) is 9.17. The van der Waals surface area contributed by atoms with Crippen molar-refractivity contribution in [1.29, 1.82) is 5.26 Å². The highest BCUT2D eigenvalue weighted by Crippen LogP contribution is 2.36. The number of nitriles is 1. The quantitative estimate of drug-likeness (QED) is 0.566. The van der Waals surface area contributed by atoms with Crippen molar-refractivity contribution in [3.8, 4) is 11.8 Å². The lowest BCUT2D eigenvalue weighted by molar-refractivity contribution is 0.203. The molecule has 0 aliphatic rings. The van der Waals surface area contributed by atoms with E-state index in [0.29, 0.717) is 18.8 Å². The van der Waals surface area contributed by atoms with E-state index >= 15 is 0 Å². The zero-order valence-electron chi connectivity index (χ0n) is 12.8. The number of rotatable bonds is 5. The standard InChI is InChI=1S/C15H22BrNO2Si/c1-15(2,3)20(4,5)19-9-8-18-14-7-6-12(11-17)10-13(14)16/h6-7,10H,8-9H2,1-5H3. The molecule has 0 N–H and O–H groups in total. The van der Waals surface area contributed by atoms with Crippen LogP contribution >= 0.6 is 15.9 Å². The number of ether oxygens (including phenoxy) is 1. The molecule has 0 heterocycles. The zero-order valence-corrected chi connectivity index (χ0v) is 15.4. The van der Waals surface area contributed by atoms with Crippen LogP contribution in [0.4, 0.5) is 0 Å². The van der Waals surface area contributed by atoms with Crippen molar-refractivity contribution in [3.05, 3.63) is 28.2 Å². The minimum atomic E-state index is -1.71. The summed E-state index contributed by atoms with van der Waals surface area (Å²) in [5, 5.41) is 9.02. The SMILES string of the molecule is CC(C)(C)[Si](C)(C)OCCOc1ccc(C#N)cc1Br. The molecule has 0 amide bonds. The summed E-state index contributed by atoms with van der Waals surface area (Å²) in [7, 11) is -1.71. The summed E-state index contributed by atoms with van der Waals surface area (Å²) in [6.07, 6.45) is 0. The molecule has 1 rings (SSSR count). The van der Waals surface area contributed by atoms with Gasteiger partial charge >= 0.3 is 0 Å². The Labute approximate surface area is 131 Å². The number of nitrogens with zero attached hydrogens (tertiary/aromatic N) is 1. The van der Waals surface area contributed by atoms with Gasteiger partial charge in [-0.25, -0.2) is 0 Å². The molecule has 0 spiro atoms. The lowest BCUT2D eigenvalue weighted by Crippen LogP contribution is -2.41. The monoisotopic (exact) mass is 355 g/mol. The van der Waals surface area contributed by atoms with Gasteiger partial charge in [-0.3, -0.25) is 0 Å². The fraction of sp³-hybridized carbons (Fsp3) is 0.533. The smallest absolute Gasteiger partial charge is 0.192 e. The Kier molecular flexibility index (Phi) is 5.81. The van der Waals surface area contributed by atoms with E-state index < -0.39 is 8.32 Å². The van der Waals surface area contributed by atoms with E-state index in [-0.39, 0.29) is 5.04 Å². The second kappa shape index (κ2) is 6.75. The molecule has 0 saturated carbocycles. The van der Waals surface area contributed by atoms with Crippen molar-refractivity contribution >= 4 is 24.2 Å². The second-order valence-electron chi connectivity index (χ2n) is 6.21. The van der Waals surface area contributed by atoms with E-state index in [1.54, 1.807) is 18.2 Å². The Balaban J connectivity index is 2.48. The van der Waals surface area contributed by atoms with Crippen LogP contribution in [0.2, 0.25) is 18.1 Å². The van der Waals surface area contributed by atoms with Crippen molar-refractivity contribution in [1.82, 2.24) is 0 Å². The van der Waals surface area contributed by atoms with Gasteiger partial charge in [0.15, 0.2) is 8.32 Å². The maximum atomic E-state index is 8.81. The van der Waals surface area contributed by atoms with Gasteiger partial charge in [0, 0.05) is 0 Å². The minimum Gasteiger partial charge on any atom is -0.490 e. The lowest BCUT2D eigenvalue weighted by Gasteiger charge is -2.36. The summed E-state index contributed by atoms with van der Waals surface area (Å²) in [5.74, 6) is 0.739. The fourth-order valence-corrected chi connectivity index (χ4v) is 2.87. The van der Waals surface area contributed by atoms with Crippen molar-refractivity contribution in [3.63, 3.8) is 0 Å². The highest BCUT2D eigenvalue weighted by Gasteiger charge is 2.36. The summed E-state index contributed by atoms with van der Waals surface area (Å²) in [4.78, 5) is 0. The highest BCUT2D eigenvalue weighted by atomic mass is 79.9. The van der Waals surface area contributed by atoms with E-state index in [1.807, 2.05) is 0 Å². The lowest BCUT2D eigenvalue weighted by atomic mass is 10.2. The van der Waals surface area contributed by atoms with Crippen molar-refractivity contribution in [2.75, 3.05) is 13.2 Å². The Bertz CT molecular complexity index is 504. The van der Waals surface area contributed by atoms with Gasteiger partial charge < -0.3 is 9.16 Å². The molecule has 3 nitrogen and oxygen atoms in total. The molecule has 0 radical (unpaired) electrons. The fourth-order valence-electron chi connectivity index (χ4n) is 1.35.